The normalized spacial score (nSPS) is 10.1. The predicted octanol–water partition coefficient (Wildman–Crippen LogP) is 5.91. The summed E-state index contributed by atoms with van der Waals surface area (Å²) in [7, 11) is 0. The van der Waals surface area contributed by atoms with Crippen molar-refractivity contribution in [3.63, 3.8) is 0 Å². The fraction of sp³-hybridized carbons (Fsp3) is 0.933. The Morgan fingerprint density at radius 2 is 0.875 bits per heavy atom. The zero-order valence-electron chi connectivity index (χ0n) is 11.6. The average molecular weight is 277 g/mol. The fourth-order valence-electron chi connectivity index (χ4n) is 2.02. The molecule has 0 amide bonds. The number of rotatable bonds is 12. The van der Waals surface area contributed by atoms with Crippen LogP contribution in [0.25, 0.3) is 0 Å². The van der Waals surface area contributed by atoms with Gasteiger partial charge in [-0.3, -0.25) is 0 Å². The third-order valence-electron chi connectivity index (χ3n) is 3.10. The van der Waals surface area contributed by atoms with Gasteiger partial charge in [-0.25, -0.2) is 0 Å². The standard InChI is InChI=1S/C15H31.Zn/c1-3-5-7-9-11-13-15-14-12-10-8-6-4-2;/h1,3-15H2,2H3;. The van der Waals surface area contributed by atoms with Crippen LogP contribution in [-0.2, 0) is 19.5 Å². The second kappa shape index (κ2) is 18.0. The van der Waals surface area contributed by atoms with E-state index in [1.807, 2.05) is 0 Å². The van der Waals surface area contributed by atoms with Crippen LogP contribution in [0.15, 0.2) is 0 Å². The van der Waals surface area contributed by atoms with Crippen molar-refractivity contribution in [2.24, 2.45) is 0 Å². The van der Waals surface area contributed by atoms with E-state index in [9.17, 15) is 0 Å². The van der Waals surface area contributed by atoms with Crippen molar-refractivity contribution in [2.75, 3.05) is 0 Å². The third-order valence-corrected chi connectivity index (χ3v) is 3.10. The smallest absolute Gasteiger partial charge is 0 e. The molecular formula is C15H31Zn. The Morgan fingerprint density at radius 3 is 1.19 bits per heavy atom. The van der Waals surface area contributed by atoms with E-state index in [2.05, 4.69) is 13.8 Å². The van der Waals surface area contributed by atoms with Gasteiger partial charge in [0.05, 0.1) is 0 Å². The molecule has 0 aliphatic carbocycles. The minimum atomic E-state index is 0. The first-order valence-corrected chi connectivity index (χ1v) is 7.21. The largest absolute Gasteiger partial charge is 0.0654 e. The summed E-state index contributed by atoms with van der Waals surface area (Å²) in [6, 6.07) is 0. The van der Waals surface area contributed by atoms with E-state index in [1.54, 1.807) is 0 Å². The maximum Gasteiger partial charge on any atom is 0 e. The molecule has 0 heterocycles. The molecule has 0 saturated carbocycles. The molecule has 0 atom stereocenters. The second-order valence-electron chi connectivity index (χ2n) is 4.74. The summed E-state index contributed by atoms with van der Waals surface area (Å²) in [5.74, 6) is 0. The van der Waals surface area contributed by atoms with Crippen LogP contribution < -0.4 is 0 Å². The molecule has 0 spiro atoms. The summed E-state index contributed by atoms with van der Waals surface area (Å²) in [5, 5.41) is 0. The zero-order valence-corrected chi connectivity index (χ0v) is 14.6. The van der Waals surface area contributed by atoms with Crippen molar-refractivity contribution in [3.8, 4) is 0 Å². The van der Waals surface area contributed by atoms with Gasteiger partial charge < -0.3 is 0 Å². The van der Waals surface area contributed by atoms with Crippen molar-refractivity contribution in [1.82, 2.24) is 0 Å². The molecule has 0 nitrogen and oxygen atoms in total. The van der Waals surface area contributed by atoms with Gasteiger partial charge in [-0.05, 0) is 0 Å². The average Bonchev–Trinajstić information content (AvgIpc) is 2.26. The topological polar surface area (TPSA) is 0 Å². The van der Waals surface area contributed by atoms with Gasteiger partial charge in [-0.2, -0.15) is 0 Å². The van der Waals surface area contributed by atoms with Crippen molar-refractivity contribution in [1.29, 1.82) is 0 Å². The minimum absolute atomic E-state index is 0. The van der Waals surface area contributed by atoms with Gasteiger partial charge in [0.1, 0.15) is 0 Å². The van der Waals surface area contributed by atoms with Gasteiger partial charge in [0, 0.05) is 19.5 Å². The molecule has 0 aromatic carbocycles. The molecule has 0 N–H and O–H groups in total. The summed E-state index contributed by atoms with van der Waals surface area (Å²) in [6.45, 7) is 6.15. The van der Waals surface area contributed by atoms with Crippen molar-refractivity contribution in [2.45, 2.75) is 90.4 Å². The third kappa shape index (κ3) is 17.0. The van der Waals surface area contributed by atoms with E-state index in [4.69, 9.17) is 0 Å². The summed E-state index contributed by atoms with van der Waals surface area (Å²) >= 11 is 0. The molecule has 0 unspecified atom stereocenters. The number of hydrogen-bond acceptors (Lipinski definition) is 0. The molecule has 0 aliphatic heterocycles. The summed E-state index contributed by atoms with van der Waals surface area (Å²) in [5.41, 5.74) is 0. The van der Waals surface area contributed by atoms with Crippen molar-refractivity contribution < 1.29 is 19.5 Å². The van der Waals surface area contributed by atoms with Crippen LogP contribution in [0.1, 0.15) is 90.4 Å². The monoisotopic (exact) mass is 275 g/mol. The van der Waals surface area contributed by atoms with Gasteiger partial charge in [-0.1, -0.05) is 97.3 Å². The molecule has 0 aromatic rings. The first-order valence-electron chi connectivity index (χ1n) is 7.21. The Bertz CT molecular complexity index is 89.6. The Kier molecular flexibility index (Phi) is 21.3. The van der Waals surface area contributed by atoms with Crippen LogP contribution in [0.4, 0.5) is 0 Å². The van der Waals surface area contributed by atoms with Crippen LogP contribution >= 0.6 is 0 Å². The SMILES string of the molecule is [CH2]CCCCCCCCCCCCCC.[Zn]. The fourth-order valence-corrected chi connectivity index (χ4v) is 2.02. The first kappa shape index (κ1) is 19.0. The molecule has 1 heteroatoms. The molecule has 1 radical (unpaired) electrons. The van der Waals surface area contributed by atoms with Crippen molar-refractivity contribution >= 4 is 0 Å². The molecule has 0 aliphatic rings. The minimum Gasteiger partial charge on any atom is -0.0654 e. The maximum atomic E-state index is 3.87. The second-order valence-corrected chi connectivity index (χ2v) is 4.74. The van der Waals surface area contributed by atoms with Gasteiger partial charge in [0.25, 0.3) is 0 Å². The quantitative estimate of drug-likeness (QED) is 0.307. The van der Waals surface area contributed by atoms with Crippen LogP contribution in [-0.4, -0.2) is 0 Å². The zero-order chi connectivity index (χ0) is 11.2. The number of hydrogen-bond donors (Lipinski definition) is 0. The summed E-state index contributed by atoms with van der Waals surface area (Å²) in [6.07, 6.45) is 18.3. The van der Waals surface area contributed by atoms with Gasteiger partial charge in [0.15, 0.2) is 0 Å². The van der Waals surface area contributed by atoms with Crippen LogP contribution in [0.2, 0.25) is 0 Å². The van der Waals surface area contributed by atoms with E-state index >= 15 is 0 Å². The number of unbranched alkanes of at least 4 members (excludes halogenated alkanes) is 12. The molecular weight excluding hydrogens is 246 g/mol. The predicted molar refractivity (Wildman–Crippen MR) is 71.1 cm³/mol. The van der Waals surface area contributed by atoms with Crippen molar-refractivity contribution in [3.05, 3.63) is 6.92 Å². The summed E-state index contributed by atoms with van der Waals surface area (Å²) < 4.78 is 0. The van der Waals surface area contributed by atoms with Crippen LogP contribution in [0, 0.1) is 6.92 Å². The van der Waals surface area contributed by atoms with E-state index in [1.165, 1.54) is 77.0 Å². The molecule has 0 saturated heterocycles. The first-order chi connectivity index (χ1) is 7.41. The van der Waals surface area contributed by atoms with Gasteiger partial charge in [-0.15, -0.1) is 0 Å². The molecule has 0 rings (SSSR count). The maximum absolute atomic E-state index is 3.87. The Hall–Kier alpha value is 0.623. The molecule has 0 aromatic heterocycles. The Morgan fingerprint density at radius 1 is 0.562 bits per heavy atom. The van der Waals surface area contributed by atoms with E-state index in [0.29, 0.717) is 0 Å². The van der Waals surface area contributed by atoms with Crippen LogP contribution in [0.5, 0.6) is 0 Å². The van der Waals surface area contributed by atoms with Gasteiger partial charge >= 0.3 is 0 Å². The summed E-state index contributed by atoms with van der Waals surface area (Å²) in [4.78, 5) is 0. The van der Waals surface area contributed by atoms with Crippen LogP contribution in [0.3, 0.4) is 0 Å². The molecule has 93 valence electrons. The van der Waals surface area contributed by atoms with Gasteiger partial charge in [0.2, 0.25) is 0 Å². The van der Waals surface area contributed by atoms with E-state index < -0.39 is 0 Å². The molecule has 0 fully saturated rings. The Balaban J connectivity index is 0. The Labute approximate surface area is 117 Å². The molecule has 16 heavy (non-hydrogen) atoms. The van der Waals surface area contributed by atoms with E-state index in [0.717, 1.165) is 6.42 Å². The van der Waals surface area contributed by atoms with E-state index in [-0.39, 0.29) is 19.5 Å². The molecule has 0 bridgehead atoms.